The van der Waals surface area contributed by atoms with E-state index in [1.165, 1.54) is 0 Å². The molecule has 2 amide bonds. The molecule has 1 atom stereocenters. The van der Waals surface area contributed by atoms with Crippen LogP contribution in [0.3, 0.4) is 0 Å². The van der Waals surface area contributed by atoms with E-state index in [4.69, 9.17) is 4.52 Å². The van der Waals surface area contributed by atoms with Crippen molar-refractivity contribution in [3.63, 3.8) is 0 Å². The summed E-state index contributed by atoms with van der Waals surface area (Å²) in [7, 11) is 0. The number of hydrogen-bond acceptors (Lipinski definition) is 4. The van der Waals surface area contributed by atoms with Crippen LogP contribution < -0.4 is 5.32 Å². The van der Waals surface area contributed by atoms with Crippen molar-refractivity contribution < 1.29 is 14.1 Å². The lowest BCUT2D eigenvalue weighted by molar-refractivity contribution is -0.138. The smallest absolute Gasteiger partial charge is 0.248 e. The van der Waals surface area contributed by atoms with Crippen LogP contribution in [0.1, 0.15) is 38.1 Å². The largest absolute Gasteiger partial charge is 0.361 e. The Hall–Kier alpha value is -1.85. The molecule has 2 heterocycles. The summed E-state index contributed by atoms with van der Waals surface area (Å²) in [5.74, 6) is 0.558. The van der Waals surface area contributed by atoms with Gasteiger partial charge in [0.05, 0.1) is 6.54 Å². The van der Waals surface area contributed by atoms with Gasteiger partial charge in [0.25, 0.3) is 0 Å². The predicted octanol–water partition coefficient (Wildman–Crippen LogP) is 1.00. The summed E-state index contributed by atoms with van der Waals surface area (Å²) < 4.78 is 5.00. The first-order valence-electron chi connectivity index (χ1n) is 6.47. The molecule has 1 fully saturated rings. The second-order valence-electron chi connectivity index (χ2n) is 5.14. The molecule has 1 aliphatic heterocycles. The molecular formula is C13H19N3O3. The van der Waals surface area contributed by atoms with Gasteiger partial charge in [-0.25, -0.2) is 0 Å². The quantitative estimate of drug-likeness (QED) is 0.884. The number of hydrogen-bond donors (Lipinski definition) is 1. The normalized spacial score (nSPS) is 24.3. The average molecular weight is 265 g/mol. The molecule has 0 bridgehead atoms. The molecule has 6 nitrogen and oxygen atoms in total. The van der Waals surface area contributed by atoms with E-state index in [1.807, 2.05) is 13.8 Å². The zero-order valence-electron chi connectivity index (χ0n) is 11.5. The average Bonchev–Trinajstić information content (AvgIpc) is 2.74. The Morgan fingerprint density at radius 2 is 2.26 bits per heavy atom. The number of carbonyl (C=O) groups excluding carboxylic acids is 2. The first-order chi connectivity index (χ1) is 8.94. The van der Waals surface area contributed by atoms with Crippen LogP contribution in [0.25, 0.3) is 0 Å². The highest BCUT2D eigenvalue weighted by Crippen LogP contribution is 2.19. The lowest BCUT2D eigenvalue weighted by atomic mass is 9.97. The second-order valence-corrected chi connectivity index (χ2v) is 5.14. The number of aromatic nitrogens is 1. The van der Waals surface area contributed by atoms with Crippen molar-refractivity contribution in [3.05, 3.63) is 17.5 Å². The highest BCUT2D eigenvalue weighted by Gasteiger charge is 2.39. The number of nitrogens with one attached hydrogen (secondary N) is 1. The van der Waals surface area contributed by atoms with Gasteiger partial charge in [-0.05, 0) is 20.3 Å². The fourth-order valence-electron chi connectivity index (χ4n) is 2.19. The van der Waals surface area contributed by atoms with E-state index in [-0.39, 0.29) is 11.8 Å². The van der Waals surface area contributed by atoms with Crippen LogP contribution in [-0.4, -0.2) is 34.0 Å². The van der Waals surface area contributed by atoms with Crippen LogP contribution in [0.4, 0.5) is 0 Å². The van der Waals surface area contributed by atoms with Gasteiger partial charge in [0, 0.05) is 19.0 Å². The standard InChI is InChI=1S/C13H19N3O3/c1-4-13(3)12(18)16(6-5-11(17)14-13)8-10-7-9(2)19-15-10/h7H,4-6,8H2,1-3H3,(H,14,17). The number of rotatable bonds is 3. The van der Waals surface area contributed by atoms with E-state index in [2.05, 4.69) is 10.5 Å². The molecule has 19 heavy (non-hydrogen) atoms. The third-order valence-corrected chi connectivity index (χ3v) is 3.52. The zero-order valence-corrected chi connectivity index (χ0v) is 11.5. The van der Waals surface area contributed by atoms with Gasteiger partial charge in [-0.1, -0.05) is 12.1 Å². The van der Waals surface area contributed by atoms with Crippen molar-refractivity contribution in [1.82, 2.24) is 15.4 Å². The summed E-state index contributed by atoms with van der Waals surface area (Å²) in [6, 6.07) is 1.80. The van der Waals surface area contributed by atoms with Gasteiger partial charge in [-0.2, -0.15) is 0 Å². The molecule has 6 heteroatoms. The zero-order chi connectivity index (χ0) is 14.0. The van der Waals surface area contributed by atoms with Crippen LogP contribution >= 0.6 is 0 Å². The van der Waals surface area contributed by atoms with Crippen molar-refractivity contribution >= 4 is 11.8 Å². The SMILES string of the molecule is CCC1(C)NC(=O)CCN(Cc2cc(C)on2)C1=O. The predicted molar refractivity (Wildman–Crippen MR) is 68.1 cm³/mol. The van der Waals surface area contributed by atoms with E-state index in [0.29, 0.717) is 37.4 Å². The van der Waals surface area contributed by atoms with Crippen molar-refractivity contribution in [2.24, 2.45) is 0 Å². The van der Waals surface area contributed by atoms with E-state index in [0.717, 1.165) is 0 Å². The molecule has 1 aromatic heterocycles. The first-order valence-corrected chi connectivity index (χ1v) is 6.47. The Morgan fingerprint density at radius 3 is 2.84 bits per heavy atom. The summed E-state index contributed by atoms with van der Waals surface area (Å²) in [6.07, 6.45) is 0.879. The minimum Gasteiger partial charge on any atom is -0.361 e. The van der Waals surface area contributed by atoms with Crippen molar-refractivity contribution in [2.45, 2.75) is 45.7 Å². The van der Waals surface area contributed by atoms with E-state index in [1.54, 1.807) is 17.9 Å². The lowest BCUT2D eigenvalue weighted by Crippen LogP contribution is -2.54. The third kappa shape index (κ3) is 2.77. The molecule has 0 saturated carbocycles. The maximum Gasteiger partial charge on any atom is 0.248 e. The number of amides is 2. The van der Waals surface area contributed by atoms with Crippen LogP contribution in [0, 0.1) is 6.92 Å². The van der Waals surface area contributed by atoms with Crippen molar-refractivity contribution in [3.8, 4) is 0 Å². The van der Waals surface area contributed by atoms with Crippen LogP contribution in [0.5, 0.6) is 0 Å². The molecule has 1 unspecified atom stereocenters. The minimum atomic E-state index is -0.827. The van der Waals surface area contributed by atoms with Crippen LogP contribution in [0.15, 0.2) is 10.6 Å². The fourth-order valence-corrected chi connectivity index (χ4v) is 2.19. The first kappa shape index (κ1) is 13.6. The highest BCUT2D eigenvalue weighted by molar-refractivity contribution is 5.93. The molecule has 1 N–H and O–H groups in total. The Morgan fingerprint density at radius 1 is 1.53 bits per heavy atom. The summed E-state index contributed by atoms with van der Waals surface area (Å²) in [4.78, 5) is 25.9. The molecule has 0 aliphatic carbocycles. The minimum absolute atomic E-state index is 0.0681. The maximum atomic E-state index is 12.5. The monoisotopic (exact) mass is 265 g/mol. The Bertz CT molecular complexity index is 497. The Labute approximate surface area is 112 Å². The fraction of sp³-hybridized carbons (Fsp3) is 0.615. The van der Waals surface area contributed by atoms with Crippen LogP contribution in [0.2, 0.25) is 0 Å². The summed E-state index contributed by atoms with van der Waals surface area (Å²) in [6.45, 7) is 6.25. The van der Waals surface area contributed by atoms with Crippen LogP contribution in [-0.2, 0) is 16.1 Å². The molecule has 104 valence electrons. The van der Waals surface area contributed by atoms with Gasteiger partial charge in [0.15, 0.2) is 0 Å². The molecule has 0 spiro atoms. The third-order valence-electron chi connectivity index (χ3n) is 3.52. The molecule has 0 aromatic carbocycles. The lowest BCUT2D eigenvalue weighted by Gasteiger charge is -2.30. The van der Waals surface area contributed by atoms with Gasteiger partial charge < -0.3 is 14.7 Å². The van der Waals surface area contributed by atoms with Gasteiger partial charge in [0.1, 0.15) is 17.0 Å². The van der Waals surface area contributed by atoms with E-state index >= 15 is 0 Å². The van der Waals surface area contributed by atoms with Gasteiger partial charge in [-0.15, -0.1) is 0 Å². The Balaban J connectivity index is 2.19. The molecule has 1 aliphatic rings. The van der Waals surface area contributed by atoms with Gasteiger partial charge in [0.2, 0.25) is 11.8 Å². The van der Waals surface area contributed by atoms with E-state index < -0.39 is 5.54 Å². The van der Waals surface area contributed by atoms with Gasteiger partial charge in [-0.3, -0.25) is 9.59 Å². The number of nitrogens with zero attached hydrogens (tertiary/aromatic N) is 2. The molecule has 1 aromatic rings. The number of carbonyl (C=O) groups is 2. The number of aryl methyl sites for hydroxylation is 1. The summed E-state index contributed by atoms with van der Waals surface area (Å²) in [5.41, 5.74) is -0.120. The van der Waals surface area contributed by atoms with Crippen molar-refractivity contribution in [2.75, 3.05) is 6.54 Å². The van der Waals surface area contributed by atoms with Gasteiger partial charge >= 0.3 is 0 Å². The topological polar surface area (TPSA) is 75.4 Å². The highest BCUT2D eigenvalue weighted by atomic mass is 16.5. The van der Waals surface area contributed by atoms with E-state index in [9.17, 15) is 9.59 Å². The summed E-state index contributed by atoms with van der Waals surface area (Å²) in [5, 5.41) is 6.69. The molecule has 2 rings (SSSR count). The molecular weight excluding hydrogens is 246 g/mol. The maximum absolute atomic E-state index is 12.5. The molecule has 1 saturated heterocycles. The van der Waals surface area contributed by atoms with Crippen molar-refractivity contribution in [1.29, 1.82) is 0 Å². The second kappa shape index (κ2) is 5.03. The Kier molecular flexibility index (Phi) is 3.59. The summed E-state index contributed by atoms with van der Waals surface area (Å²) >= 11 is 0. The molecule has 0 radical (unpaired) electrons.